The zero-order chi connectivity index (χ0) is 23.2. The van der Waals surface area contributed by atoms with Gasteiger partial charge in [0.25, 0.3) is 0 Å². The third kappa shape index (κ3) is 3.01. The smallest absolute Gasteiger partial charge is 0.119 e. The number of rotatable bonds is 5. The third-order valence-electron chi connectivity index (χ3n) is 7.89. The molecule has 0 heterocycles. The number of hydrogen-bond donors (Lipinski definition) is 2. The number of phenolic OH excluding ortho intramolecular Hbond substituents is 2. The van der Waals surface area contributed by atoms with Crippen molar-refractivity contribution in [3.63, 3.8) is 0 Å². The number of fused-ring (bicyclic) bond motifs is 3. The van der Waals surface area contributed by atoms with Crippen molar-refractivity contribution in [2.75, 3.05) is 0 Å². The molecule has 4 aromatic rings. The maximum Gasteiger partial charge on any atom is 0.119 e. The summed E-state index contributed by atoms with van der Waals surface area (Å²) >= 11 is 0. The quantitative estimate of drug-likeness (QED) is 0.300. The van der Waals surface area contributed by atoms with Gasteiger partial charge in [0.05, 0.1) is 5.41 Å². The predicted molar refractivity (Wildman–Crippen MR) is 135 cm³/mol. The molecule has 0 aromatic heterocycles. The Labute approximate surface area is 196 Å². The van der Waals surface area contributed by atoms with Crippen LogP contribution in [-0.2, 0) is 10.8 Å². The average molecular weight is 435 g/mol. The minimum Gasteiger partial charge on any atom is -0.508 e. The van der Waals surface area contributed by atoms with E-state index < -0.39 is 5.41 Å². The summed E-state index contributed by atoms with van der Waals surface area (Å²) < 4.78 is 0. The molecular weight excluding hydrogens is 404 g/mol. The van der Waals surface area contributed by atoms with Crippen molar-refractivity contribution in [3.8, 4) is 22.6 Å². The van der Waals surface area contributed by atoms with Gasteiger partial charge >= 0.3 is 0 Å². The molecule has 0 bridgehead atoms. The van der Waals surface area contributed by atoms with Crippen molar-refractivity contribution < 1.29 is 10.2 Å². The van der Waals surface area contributed by atoms with Crippen LogP contribution in [0.15, 0.2) is 91.0 Å². The number of phenols is 2. The zero-order valence-corrected chi connectivity index (χ0v) is 19.5. The summed E-state index contributed by atoms with van der Waals surface area (Å²) in [4.78, 5) is 0. The van der Waals surface area contributed by atoms with Gasteiger partial charge in [-0.3, -0.25) is 0 Å². The minimum absolute atomic E-state index is 0.117. The average Bonchev–Trinajstić information content (AvgIpc) is 3.16. The molecule has 1 aliphatic carbocycles. The fourth-order valence-corrected chi connectivity index (χ4v) is 5.62. The summed E-state index contributed by atoms with van der Waals surface area (Å²) in [7, 11) is 0. The molecule has 0 radical (unpaired) electrons. The van der Waals surface area contributed by atoms with Gasteiger partial charge in [-0.05, 0) is 75.9 Å². The van der Waals surface area contributed by atoms with E-state index in [9.17, 15) is 10.2 Å². The molecule has 0 atom stereocenters. The Balaban J connectivity index is 1.91. The zero-order valence-electron chi connectivity index (χ0n) is 19.5. The first-order valence-corrected chi connectivity index (χ1v) is 11.8. The van der Waals surface area contributed by atoms with E-state index in [-0.39, 0.29) is 11.2 Å². The van der Waals surface area contributed by atoms with Gasteiger partial charge < -0.3 is 10.2 Å². The Hall–Kier alpha value is -3.52. The second-order valence-corrected chi connectivity index (χ2v) is 9.39. The fourth-order valence-electron chi connectivity index (χ4n) is 5.62. The Bertz CT molecular complexity index is 1270. The Morgan fingerprint density at radius 3 is 1.73 bits per heavy atom. The molecule has 2 heteroatoms. The number of hydrogen-bond acceptors (Lipinski definition) is 2. The first-order valence-electron chi connectivity index (χ1n) is 11.8. The van der Waals surface area contributed by atoms with Crippen LogP contribution >= 0.6 is 0 Å². The molecule has 0 aliphatic heterocycles. The summed E-state index contributed by atoms with van der Waals surface area (Å²) in [6.45, 7) is 6.60. The standard InChI is InChI=1S/C31H30O2/c1-4-30(3,5-2)28-20-22(16-19-29(28)33)31(21-14-17-23(32)18-15-21)26-12-8-6-10-24(26)25-11-7-9-13-27(25)31/h6-20,32-33H,4-5H2,1-3H3. The molecule has 33 heavy (non-hydrogen) atoms. The summed E-state index contributed by atoms with van der Waals surface area (Å²) in [6.07, 6.45) is 1.89. The summed E-state index contributed by atoms with van der Waals surface area (Å²) in [5, 5.41) is 21.0. The van der Waals surface area contributed by atoms with Crippen molar-refractivity contribution in [2.24, 2.45) is 0 Å². The third-order valence-corrected chi connectivity index (χ3v) is 7.89. The molecular formula is C31H30O2. The normalized spacial score (nSPS) is 14.0. The van der Waals surface area contributed by atoms with E-state index in [4.69, 9.17) is 0 Å². The summed E-state index contributed by atoms with van der Waals surface area (Å²) in [5.41, 5.74) is 7.47. The van der Waals surface area contributed by atoms with E-state index in [0.29, 0.717) is 5.75 Å². The van der Waals surface area contributed by atoms with E-state index >= 15 is 0 Å². The highest BCUT2D eigenvalue weighted by atomic mass is 16.3. The first-order chi connectivity index (χ1) is 16.0. The van der Waals surface area contributed by atoms with Crippen LogP contribution in [0, 0.1) is 0 Å². The van der Waals surface area contributed by atoms with Gasteiger partial charge in [0.1, 0.15) is 11.5 Å². The predicted octanol–water partition coefficient (Wildman–Crippen LogP) is 7.54. The van der Waals surface area contributed by atoms with Crippen LogP contribution < -0.4 is 0 Å². The lowest BCUT2D eigenvalue weighted by atomic mass is 9.66. The van der Waals surface area contributed by atoms with Crippen LogP contribution in [0.5, 0.6) is 11.5 Å². The van der Waals surface area contributed by atoms with E-state index in [1.54, 1.807) is 12.1 Å². The minimum atomic E-state index is -0.536. The van der Waals surface area contributed by atoms with E-state index in [2.05, 4.69) is 81.4 Å². The highest BCUT2D eigenvalue weighted by Crippen LogP contribution is 2.56. The van der Waals surface area contributed by atoms with Gasteiger partial charge in [0.2, 0.25) is 0 Å². The lowest BCUT2D eigenvalue weighted by Gasteiger charge is -2.36. The van der Waals surface area contributed by atoms with Gasteiger partial charge in [-0.1, -0.05) is 87.5 Å². The molecule has 2 N–H and O–H groups in total. The molecule has 166 valence electrons. The summed E-state index contributed by atoms with van der Waals surface area (Å²) in [6, 6.07) is 30.9. The lowest BCUT2D eigenvalue weighted by Crippen LogP contribution is -2.29. The van der Waals surface area contributed by atoms with Gasteiger partial charge in [-0.15, -0.1) is 0 Å². The van der Waals surface area contributed by atoms with Crippen LogP contribution in [-0.4, -0.2) is 10.2 Å². The second kappa shape index (κ2) is 7.81. The highest BCUT2D eigenvalue weighted by Gasteiger charge is 2.46. The number of aromatic hydroxyl groups is 2. The molecule has 0 unspecified atom stereocenters. The van der Waals surface area contributed by atoms with Crippen LogP contribution in [0.1, 0.15) is 61.4 Å². The van der Waals surface area contributed by atoms with Crippen LogP contribution in [0.2, 0.25) is 0 Å². The van der Waals surface area contributed by atoms with Crippen molar-refractivity contribution in [3.05, 3.63) is 119 Å². The molecule has 0 fully saturated rings. The van der Waals surface area contributed by atoms with Crippen LogP contribution in [0.25, 0.3) is 11.1 Å². The van der Waals surface area contributed by atoms with E-state index in [0.717, 1.165) is 29.5 Å². The maximum absolute atomic E-state index is 10.9. The molecule has 0 saturated carbocycles. The van der Waals surface area contributed by atoms with Crippen molar-refractivity contribution in [1.29, 1.82) is 0 Å². The molecule has 4 aromatic carbocycles. The Kier molecular flexibility index (Phi) is 5.05. The van der Waals surface area contributed by atoms with Gasteiger partial charge in [-0.25, -0.2) is 0 Å². The van der Waals surface area contributed by atoms with Gasteiger partial charge in [-0.2, -0.15) is 0 Å². The van der Waals surface area contributed by atoms with E-state index in [1.165, 1.54) is 22.3 Å². The van der Waals surface area contributed by atoms with Crippen molar-refractivity contribution in [1.82, 2.24) is 0 Å². The highest BCUT2D eigenvalue weighted by molar-refractivity contribution is 5.86. The van der Waals surface area contributed by atoms with Crippen LogP contribution in [0.4, 0.5) is 0 Å². The van der Waals surface area contributed by atoms with Gasteiger partial charge in [0, 0.05) is 5.56 Å². The van der Waals surface area contributed by atoms with E-state index in [1.807, 2.05) is 18.2 Å². The molecule has 0 amide bonds. The first kappa shape index (κ1) is 21.3. The number of benzene rings is 4. The second-order valence-electron chi connectivity index (χ2n) is 9.39. The largest absolute Gasteiger partial charge is 0.508 e. The SMILES string of the molecule is CCC(C)(CC)c1cc(C2(c3ccc(O)cc3)c3ccccc3-c3ccccc32)ccc1O. The summed E-state index contributed by atoms with van der Waals surface area (Å²) in [5.74, 6) is 0.606. The monoisotopic (exact) mass is 434 g/mol. The lowest BCUT2D eigenvalue weighted by molar-refractivity contribution is 0.397. The molecule has 1 aliphatic rings. The molecule has 5 rings (SSSR count). The Morgan fingerprint density at radius 2 is 1.18 bits per heavy atom. The maximum atomic E-state index is 10.9. The molecule has 2 nitrogen and oxygen atoms in total. The fraction of sp³-hybridized carbons (Fsp3) is 0.226. The van der Waals surface area contributed by atoms with Crippen LogP contribution in [0.3, 0.4) is 0 Å². The van der Waals surface area contributed by atoms with Crippen molar-refractivity contribution in [2.45, 2.75) is 44.4 Å². The molecule has 0 spiro atoms. The Morgan fingerprint density at radius 1 is 0.667 bits per heavy atom. The van der Waals surface area contributed by atoms with Gasteiger partial charge in [0.15, 0.2) is 0 Å². The van der Waals surface area contributed by atoms with Crippen molar-refractivity contribution >= 4 is 0 Å². The molecule has 0 saturated heterocycles. The topological polar surface area (TPSA) is 40.5 Å².